The van der Waals surface area contributed by atoms with E-state index in [-0.39, 0.29) is 0 Å². The molecule has 2 fully saturated rings. The van der Waals surface area contributed by atoms with Gasteiger partial charge in [-0.05, 0) is 39.2 Å². The summed E-state index contributed by atoms with van der Waals surface area (Å²) in [6.45, 7) is 6.75. The Morgan fingerprint density at radius 1 is 1.33 bits per heavy atom. The molecule has 1 aromatic rings. The Labute approximate surface area is 126 Å². The van der Waals surface area contributed by atoms with E-state index in [9.17, 15) is 4.79 Å². The highest BCUT2D eigenvalue weighted by atomic mass is 16.5. The Bertz CT molecular complexity index is 499. The zero-order valence-corrected chi connectivity index (χ0v) is 13.0. The quantitative estimate of drug-likeness (QED) is 0.854. The molecule has 5 nitrogen and oxygen atoms in total. The molecule has 5 heteroatoms. The van der Waals surface area contributed by atoms with Gasteiger partial charge in [-0.25, -0.2) is 0 Å². The van der Waals surface area contributed by atoms with Crippen molar-refractivity contribution in [2.45, 2.75) is 64.6 Å². The van der Waals surface area contributed by atoms with Crippen molar-refractivity contribution < 1.29 is 9.32 Å². The molecule has 0 N–H and O–H groups in total. The van der Waals surface area contributed by atoms with Gasteiger partial charge in [0, 0.05) is 31.1 Å². The summed E-state index contributed by atoms with van der Waals surface area (Å²) in [6, 6.07) is 2.89. The number of carbonyl (C=O) groups is 1. The fourth-order valence-electron chi connectivity index (χ4n) is 3.88. The minimum absolute atomic E-state index is 0.305. The molecule has 3 rings (SSSR count). The van der Waals surface area contributed by atoms with Crippen molar-refractivity contribution in [1.29, 1.82) is 0 Å². The molecule has 2 atom stereocenters. The summed E-state index contributed by atoms with van der Waals surface area (Å²) in [5.74, 6) is 1.24. The van der Waals surface area contributed by atoms with E-state index in [1.54, 1.807) is 0 Å². The van der Waals surface area contributed by atoms with Gasteiger partial charge >= 0.3 is 0 Å². The molecule has 0 spiro atoms. The van der Waals surface area contributed by atoms with Crippen LogP contribution in [-0.2, 0) is 11.3 Å². The first kappa shape index (κ1) is 14.6. The molecule has 2 aliphatic heterocycles. The number of nitrogens with zero attached hydrogens (tertiary/aromatic N) is 3. The van der Waals surface area contributed by atoms with Crippen LogP contribution in [0.3, 0.4) is 0 Å². The Morgan fingerprint density at radius 2 is 2.10 bits per heavy atom. The van der Waals surface area contributed by atoms with Crippen LogP contribution in [0.4, 0.5) is 0 Å². The molecule has 0 saturated carbocycles. The van der Waals surface area contributed by atoms with E-state index in [1.165, 1.54) is 12.8 Å². The number of rotatable bonds is 4. The third-order valence-corrected chi connectivity index (χ3v) is 4.82. The number of aryl methyl sites for hydroxylation is 1. The standard InChI is InChI=1S/C16H25N3O2/c1-3-16(20)19-9-5-7-15(19)14-6-4-8-18(14)11-13-10-12(2)17-21-13/h10,14-15H,3-9,11H2,1-2H3/t14-,15+/m1/s1. The summed E-state index contributed by atoms with van der Waals surface area (Å²) in [7, 11) is 0. The Morgan fingerprint density at radius 3 is 2.81 bits per heavy atom. The first-order valence-electron chi connectivity index (χ1n) is 8.14. The van der Waals surface area contributed by atoms with Gasteiger partial charge in [0.1, 0.15) is 0 Å². The molecule has 116 valence electrons. The molecule has 21 heavy (non-hydrogen) atoms. The van der Waals surface area contributed by atoms with Crippen molar-refractivity contribution in [3.05, 3.63) is 17.5 Å². The molecule has 0 unspecified atom stereocenters. The van der Waals surface area contributed by atoms with Crippen molar-refractivity contribution >= 4 is 5.91 Å². The molecule has 0 bridgehead atoms. The van der Waals surface area contributed by atoms with Gasteiger partial charge in [0.2, 0.25) is 5.91 Å². The summed E-state index contributed by atoms with van der Waals surface area (Å²) < 4.78 is 5.36. The average Bonchev–Trinajstić information content (AvgIpc) is 3.18. The van der Waals surface area contributed by atoms with E-state index in [4.69, 9.17) is 4.52 Å². The Hall–Kier alpha value is -1.36. The van der Waals surface area contributed by atoms with Gasteiger partial charge in [0.25, 0.3) is 0 Å². The zero-order valence-electron chi connectivity index (χ0n) is 13.0. The summed E-state index contributed by atoms with van der Waals surface area (Å²) in [5.41, 5.74) is 0.935. The molecule has 1 aromatic heterocycles. The minimum atomic E-state index is 0.305. The largest absolute Gasteiger partial charge is 0.360 e. The number of aromatic nitrogens is 1. The van der Waals surface area contributed by atoms with Gasteiger partial charge in [-0.1, -0.05) is 12.1 Å². The van der Waals surface area contributed by atoms with E-state index in [0.717, 1.165) is 43.9 Å². The van der Waals surface area contributed by atoms with Gasteiger partial charge in [0.15, 0.2) is 5.76 Å². The normalized spacial score (nSPS) is 26.7. The predicted molar refractivity (Wildman–Crippen MR) is 79.7 cm³/mol. The van der Waals surface area contributed by atoms with Crippen LogP contribution < -0.4 is 0 Å². The van der Waals surface area contributed by atoms with Gasteiger partial charge in [0.05, 0.1) is 12.2 Å². The van der Waals surface area contributed by atoms with Crippen LogP contribution in [0.1, 0.15) is 50.5 Å². The predicted octanol–water partition coefficient (Wildman–Crippen LogP) is 2.35. The van der Waals surface area contributed by atoms with Gasteiger partial charge in [-0.2, -0.15) is 0 Å². The van der Waals surface area contributed by atoms with Crippen molar-refractivity contribution in [1.82, 2.24) is 15.0 Å². The molecule has 2 saturated heterocycles. The van der Waals surface area contributed by atoms with Crippen LogP contribution in [0.25, 0.3) is 0 Å². The smallest absolute Gasteiger partial charge is 0.222 e. The highest BCUT2D eigenvalue weighted by Gasteiger charge is 2.39. The minimum Gasteiger partial charge on any atom is -0.360 e. The van der Waals surface area contributed by atoms with Gasteiger partial charge in [-0.15, -0.1) is 0 Å². The van der Waals surface area contributed by atoms with E-state index in [1.807, 2.05) is 19.9 Å². The van der Waals surface area contributed by atoms with Crippen molar-refractivity contribution in [2.75, 3.05) is 13.1 Å². The Balaban J connectivity index is 1.69. The van der Waals surface area contributed by atoms with Crippen molar-refractivity contribution in [2.24, 2.45) is 0 Å². The lowest BCUT2D eigenvalue weighted by Gasteiger charge is -2.34. The first-order valence-corrected chi connectivity index (χ1v) is 8.14. The summed E-state index contributed by atoms with van der Waals surface area (Å²) in [5, 5.41) is 3.97. The van der Waals surface area contributed by atoms with E-state index in [0.29, 0.717) is 24.4 Å². The van der Waals surface area contributed by atoms with Crippen LogP contribution in [0.2, 0.25) is 0 Å². The SMILES string of the molecule is CCC(=O)N1CCC[C@H]1[C@H]1CCCN1Cc1cc(C)no1. The fourth-order valence-corrected chi connectivity index (χ4v) is 3.88. The van der Waals surface area contributed by atoms with Crippen LogP contribution in [-0.4, -0.2) is 46.0 Å². The molecule has 0 aromatic carbocycles. The third kappa shape index (κ3) is 2.98. The lowest BCUT2D eigenvalue weighted by atomic mass is 10.0. The summed E-state index contributed by atoms with van der Waals surface area (Å²) in [4.78, 5) is 16.7. The van der Waals surface area contributed by atoms with Crippen LogP contribution in [0, 0.1) is 6.92 Å². The second-order valence-electron chi connectivity index (χ2n) is 6.26. The Kier molecular flexibility index (Phi) is 4.29. The van der Waals surface area contributed by atoms with Crippen LogP contribution >= 0.6 is 0 Å². The van der Waals surface area contributed by atoms with Gasteiger partial charge in [-0.3, -0.25) is 9.69 Å². The average molecular weight is 291 g/mol. The fraction of sp³-hybridized carbons (Fsp3) is 0.750. The maximum Gasteiger partial charge on any atom is 0.222 e. The van der Waals surface area contributed by atoms with E-state index >= 15 is 0 Å². The topological polar surface area (TPSA) is 49.6 Å². The lowest BCUT2D eigenvalue weighted by molar-refractivity contribution is -0.132. The molecule has 2 aliphatic rings. The van der Waals surface area contributed by atoms with Gasteiger partial charge < -0.3 is 9.42 Å². The monoisotopic (exact) mass is 291 g/mol. The zero-order chi connectivity index (χ0) is 14.8. The highest BCUT2D eigenvalue weighted by molar-refractivity contribution is 5.76. The molecule has 0 aliphatic carbocycles. The molecule has 1 amide bonds. The second kappa shape index (κ2) is 6.18. The first-order chi connectivity index (χ1) is 10.2. The number of likely N-dealkylation sites (tertiary alicyclic amines) is 2. The van der Waals surface area contributed by atoms with Crippen molar-refractivity contribution in [3.8, 4) is 0 Å². The summed E-state index contributed by atoms with van der Waals surface area (Å²) >= 11 is 0. The number of hydrogen-bond acceptors (Lipinski definition) is 4. The third-order valence-electron chi connectivity index (χ3n) is 4.82. The second-order valence-corrected chi connectivity index (χ2v) is 6.26. The maximum atomic E-state index is 12.1. The van der Waals surface area contributed by atoms with Crippen LogP contribution in [0.5, 0.6) is 0 Å². The highest BCUT2D eigenvalue weighted by Crippen LogP contribution is 2.31. The lowest BCUT2D eigenvalue weighted by Crippen LogP contribution is -2.47. The maximum absolute atomic E-state index is 12.1. The van der Waals surface area contributed by atoms with E-state index in [2.05, 4.69) is 15.0 Å². The molecular weight excluding hydrogens is 266 g/mol. The molecule has 3 heterocycles. The number of carbonyl (C=O) groups excluding carboxylic acids is 1. The summed E-state index contributed by atoms with van der Waals surface area (Å²) in [6.07, 6.45) is 5.29. The number of amides is 1. The number of hydrogen-bond donors (Lipinski definition) is 0. The van der Waals surface area contributed by atoms with E-state index < -0.39 is 0 Å². The van der Waals surface area contributed by atoms with Crippen LogP contribution in [0.15, 0.2) is 10.6 Å². The molecule has 0 radical (unpaired) electrons. The molecular formula is C16H25N3O2. The van der Waals surface area contributed by atoms with Crippen molar-refractivity contribution in [3.63, 3.8) is 0 Å².